The molecular weight excluding hydrogens is 600 g/mol. The van der Waals surface area contributed by atoms with Crippen molar-refractivity contribution in [3.63, 3.8) is 0 Å². The number of amides is 5. The van der Waals surface area contributed by atoms with Crippen LogP contribution >= 0.6 is 11.8 Å². The van der Waals surface area contributed by atoms with Crippen LogP contribution in [0, 0.1) is 5.41 Å². The number of carbonyl (C=O) groups excluding carboxylic acids is 5. The second kappa shape index (κ2) is 17.8. The molecule has 0 radical (unpaired) electrons. The third-order valence-electron chi connectivity index (χ3n) is 8.00. The molecule has 45 heavy (non-hydrogen) atoms. The number of thioether (sulfide) groups is 1. The minimum Gasteiger partial charge on any atom is -0.447 e. The second-order valence-corrected chi connectivity index (χ2v) is 12.9. The molecule has 1 spiro atoms. The molecule has 0 saturated carbocycles. The number of nitrogens with one attached hydrogen (secondary N) is 6. The van der Waals surface area contributed by atoms with Crippen molar-refractivity contribution < 1.29 is 28.7 Å². The van der Waals surface area contributed by atoms with Crippen molar-refractivity contribution >= 4 is 41.5 Å². The van der Waals surface area contributed by atoms with Crippen LogP contribution < -0.4 is 26.6 Å². The van der Waals surface area contributed by atoms with Gasteiger partial charge in [0.15, 0.2) is 0 Å². The fourth-order valence-electron chi connectivity index (χ4n) is 5.15. The van der Waals surface area contributed by atoms with Gasteiger partial charge in [0.1, 0.15) is 24.7 Å². The second-order valence-electron chi connectivity index (χ2n) is 11.9. The lowest BCUT2D eigenvalue weighted by Crippen LogP contribution is -2.60. The minimum atomic E-state index is -1.33. The number of imidazole rings is 1. The molecule has 1 aromatic heterocycles. The molecule has 0 aliphatic carbocycles. The molecule has 0 bridgehead atoms. The van der Waals surface area contributed by atoms with E-state index in [1.807, 2.05) is 13.2 Å². The summed E-state index contributed by atoms with van der Waals surface area (Å²) in [7, 11) is 0. The Labute approximate surface area is 269 Å². The average Bonchev–Trinajstić information content (AvgIpc) is 3.52. The Hall–Kier alpha value is -3.59. The van der Waals surface area contributed by atoms with Crippen molar-refractivity contribution in [2.45, 2.75) is 70.5 Å². The van der Waals surface area contributed by atoms with Crippen LogP contribution in [0.3, 0.4) is 0 Å². The molecule has 2 aliphatic heterocycles. The zero-order valence-electron chi connectivity index (χ0n) is 26.5. The molecule has 2 saturated heterocycles. The maximum atomic E-state index is 13.6. The van der Waals surface area contributed by atoms with Gasteiger partial charge in [-0.05, 0) is 50.0 Å². The average molecular weight is 649 g/mol. The van der Waals surface area contributed by atoms with Gasteiger partial charge < -0.3 is 41.2 Å². The predicted octanol–water partition coefficient (Wildman–Crippen LogP) is 0.474. The summed E-state index contributed by atoms with van der Waals surface area (Å²) in [6, 6.07) is -3.25. The highest BCUT2D eigenvalue weighted by atomic mass is 32.2. The fraction of sp³-hybridized carbons (Fsp3) is 0.667. The quantitative estimate of drug-likeness (QED) is 0.131. The van der Waals surface area contributed by atoms with Crippen LogP contribution in [0.15, 0.2) is 24.7 Å². The molecule has 3 rings (SSSR count). The lowest BCUT2D eigenvalue weighted by molar-refractivity contribution is -0.134. The first-order valence-corrected chi connectivity index (χ1v) is 16.9. The number of rotatable bonds is 17. The summed E-state index contributed by atoms with van der Waals surface area (Å²) in [5.41, 5.74) is 1.59. The molecule has 250 valence electrons. The van der Waals surface area contributed by atoms with Crippen LogP contribution in [-0.2, 0) is 30.3 Å². The van der Waals surface area contributed by atoms with E-state index in [9.17, 15) is 24.0 Å². The molecular formula is C30H48N8O6S. The van der Waals surface area contributed by atoms with Gasteiger partial charge in [0.25, 0.3) is 0 Å². The summed E-state index contributed by atoms with van der Waals surface area (Å²) in [6.45, 7) is 10.2. The van der Waals surface area contributed by atoms with Gasteiger partial charge in [-0.25, -0.2) is 9.78 Å². The van der Waals surface area contributed by atoms with E-state index in [2.05, 4.69) is 43.1 Å². The van der Waals surface area contributed by atoms with E-state index in [-0.39, 0.29) is 36.6 Å². The van der Waals surface area contributed by atoms with Gasteiger partial charge in [-0.1, -0.05) is 19.1 Å². The monoisotopic (exact) mass is 648 g/mol. The first kappa shape index (κ1) is 35.9. The summed E-state index contributed by atoms with van der Waals surface area (Å²) in [5, 5.41) is 14.2. The first-order valence-electron chi connectivity index (χ1n) is 15.5. The first-order chi connectivity index (χ1) is 21.6. The molecule has 5 amide bonds. The Bertz CT molecular complexity index is 1170. The number of ether oxygens (including phenoxy) is 1. The normalized spacial score (nSPS) is 17.3. The van der Waals surface area contributed by atoms with Crippen molar-refractivity contribution in [1.82, 2.24) is 41.5 Å². The Balaban J connectivity index is 1.74. The lowest BCUT2D eigenvalue weighted by atomic mass is 9.73. The van der Waals surface area contributed by atoms with E-state index in [1.165, 1.54) is 18.1 Å². The minimum absolute atomic E-state index is 0.0967. The molecule has 3 heterocycles. The molecule has 6 N–H and O–H groups in total. The lowest BCUT2D eigenvalue weighted by Gasteiger charge is -2.48. The number of carbonyl (C=O) groups is 5. The number of likely N-dealkylation sites (tertiary alicyclic amines) is 1. The molecule has 14 nitrogen and oxygen atoms in total. The van der Waals surface area contributed by atoms with Crippen LogP contribution in [0.25, 0.3) is 0 Å². The Morgan fingerprint density at radius 2 is 1.76 bits per heavy atom. The third-order valence-corrected chi connectivity index (χ3v) is 8.65. The number of piperidine rings is 1. The van der Waals surface area contributed by atoms with E-state index < -0.39 is 42.6 Å². The summed E-state index contributed by atoms with van der Waals surface area (Å²) >= 11 is 1.52. The zero-order chi connectivity index (χ0) is 32.8. The molecule has 15 heteroatoms. The van der Waals surface area contributed by atoms with Crippen LogP contribution in [0.1, 0.15) is 51.6 Å². The van der Waals surface area contributed by atoms with Crippen LogP contribution in [-0.4, -0.2) is 114 Å². The summed E-state index contributed by atoms with van der Waals surface area (Å²) in [5.74, 6) is -1.44. The number of nitrogens with zero attached hydrogens (tertiary/aromatic N) is 2. The van der Waals surface area contributed by atoms with Crippen LogP contribution in [0.4, 0.5) is 4.79 Å². The fourth-order valence-corrected chi connectivity index (χ4v) is 5.63. The zero-order valence-corrected chi connectivity index (χ0v) is 27.4. The summed E-state index contributed by atoms with van der Waals surface area (Å²) in [4.78, 5) is 74.1. The van der Waals surface area contributed by atoms with Crippen molar-refractivity contribution in [2.24, 2.45) is 5.41 Å². The van der Waals surface area contributed by atoms with E-state index in [0.29, 0.717) is 37.4 Å². The summed E-state index contributed by atoms with van der Waals surface area (Å²) < 4.78 is 5.57. The maximum absolute atomic E-state index is 13.6. The van der Waals surface area contributed by atoms with E-state index in [0.717, 1.165) is 31.5 Å². The van der Waals surface area contributed by atoms with Gasteiger partial charge in [-0.3, -0.25) is 19.2 Å². The molecule has 3 unspecified atom stereocenters. The third kappa shape index (κ3) is 11.4. The number of aromatic amines is 1. The largest absolute Gasteiger partial charge is 0.447 e. The Kier molecular flexibility index (Phi) is 14.2. The van der Waals surface area contributed by atoms with Gasteiger partial charge in [0.05, 0.1) is 6.33 Å². The SMILES string of the molecule is C=C(C)CNC(=O)C(CCSC)NC(=O)C(COC(=O)N1CCC2(CC1)CNC2)NC(=O)C(Cc1cnc[nH]1)NC(=O)CCC. The van der Waals surface area contributed by atoms with Crippen molar-refractivity contribution in [3.05, 3.63) is 30.4 Å². The van der Waals surface area contributed by atoms with Gasteiger partial charge in [-0.15, -0.1) is 0 Å². The summed E-state index contributed by atoms with van der Waals surface area (Å²) in [6.07, 6.45) is 7.29. The van der Waals surface area contributed by atoms with Crippen molar-refractivity contribution in [3.8, 4) is 0 Å². The van der Waals surface area contributed by atoms with Crippen LogP contribution in [0.5, 0.6) is 0 Å². The van der Waals surface area contributed by atoms with Crippen molar-refractivity contribution in [1.29, 1.82) is 0 Å². The van der Waals surface area contributed by atoms with Crippen LogP contribution in [0.2, 0.25) is 0 Å². The molecule has 3 atom stereocenters. The van der Waals surface area contributed by atoms with Gasteiger partial charge in [-0.2, -0.15) is 11.8 Å². The predicted molar refractivity (Wildman–Crippen MR) is 171 cm³/mol. The van der Waals surface area contributed by atoms with Crippen molar-refractivity contribution in [2.75, 3.05) is 51.3 Å². The number of hydrogen-bond donors (Lipinski definition) is 6. The van der Waals surface area contributed by atoms with Gasteiger partial charge in [0, 0.05) is 57.5 Å². The van der Waals surface area contributed by atoms with E-state index in [4.69, 9.17) is 4.74 Å². The molecule has 2 aliphatic rings. The highest BCUT2D eigenvalue weighted by molar-refractivity contribution is 7.98. The molecule has 1 aromatic rings. The standard InChI is InChI=1S/C30H48N8O6S/c1-5-6-25(39)35-23(13-21-15-31-19-34-21)27(41)37-24(16-44-29(43)38-10-8-30(9-11-38)17-32-18-30)28(42)36-22(7-12-45-4)26(40)33-14-20(2)3/h15,19,22-24,32H,2,5-14,16-18H2,1,3-4H3,(H,31,34)(H,33,40)(H,35,39)(H,36,42)(H,37,41). The topological polar surface area (TPSA) is 187 Å². The highest BCUT2D eigenvalue weighted by Gasteiger charge is 2.41. The smallest absolute Gasteiger partial charge is 0.409 e. The Morgan fingerprint density at radius 3 is 2.33 bits per heavy atom. The molecule has 0 aromatic carbocycles. The number of hydrogen-bond acceptors (Lipinski definition) is 9. The van der Waals surface area contributed by atoms with E-state index in [1.54, 1.807) is 18.0 Å². The van der Waals surface area contributed by atoms with Gasteiger partial charge >= 0.3 is 6.09 Å². The highest BCUT2D eigenvalue weighted by Crippen LogP contribution is 2.35. The number of H-pyrrole nitrogens is 1. The van der Waals surface area contributed by atoms with E-state index >= 15 is 0 Å². The molecule has 2 fully saturated rings. The maximum Gasteiger partial charge on any atom is 0.409 e. The Morgan fingerprint density at radius 1 is 1.07 bits per heavy atom. The number of aromatic nitrogens is 2. The van der Waals surface area contributed by atoms with Gasteiger partial charge in [0.2, 0.25) is 23.6 Å².